The second-order valence-corrected chi connectivity index (χ2v) is 5.11. The normalized spacial score (nSPS) is 12.8. The first kappa shape index (κ1) is 12.1. The summed E-state index contributed by atoms with van der Waals surface area (Å²) in [7, 11) is 0. The molecule has 1 unspecified atom stereocenters. The van der Waals surface area contributed by atoms with Crippen molar-refractivity contribution >= 4 is 21.7 Å². The molecule has 21 heavy (non-hydrogen) atoms. The molecule has 0 bridgehead atoms. The lowest BCUT2D eigenvalue weighted by molar-refractivity contribution is 0.607. The number of hydrogen-bond acceptors (Lipinski definition) is 3. The van der Waals surface area contributed by atoms with Crippen LogP contribution in [-0.4, -0.2) is 4.98 Å². The van der Waals surface area contributed by atoms with Crippen molar-refractivity contribution in [2.45, 2.75) is 6.04 Å². The summed E-state index contributed by atoms with van der Waals surface area (Å²) in [4.78, 5) is 4.22. The fraction of sp³-hybridized carbons (Fsp3) is 0.0556. The molecule has 1 atom stereocenters. The van der Waals surface area contributed by atoms with Gasteiger partial charge in [-0.25, -0.2) is 0 Å². The number of para-hydroxylation sites is 1. The van der Waals surface area contributed by atoms with E-state index in [2.05, 4.69) is 17.1 Å². The minimum atomic E-state index is -0.235. The van der Waals surface area contributed by atoms with Crippen LogP contribution in [0.15, 0.2) is 71.6 Å². The van der Waals surface area contributed by atoms with E-state index >= 15 is 0 Å². The van der Waals surface area contributed by atoms with Crippen molar-refractivity contribution in [2.75, 3.05) is 0 Å². The zero-order valence-electron chi connectivity index (χ0n) is 11.4. The van der Waals surface area contributed by atoms with E-state index in [1.807, 2.05) is 42.6 Å². The Kier molecular flexibility index (Phi) is 2.72. The van der Waals surface area contributed by atoms with Crippen molar-refractivity contribution in [3.05, 3.63) is 78.3 Å². The number of aromatic nitrogens is 1. The van der Waals surface area contributed by atoms with Gasteiger partial charge in [-0.1, -0.05) is 36.4 Å². The standard InChI is InChI=1S/C18H14N2O/c19-18(16-11-21-17-7-2-1-5-13(16)17)14-6-3-4-12-8-9-20-10-15(12)14/h1-11,18H,19H2. The van der Waals surface area contributed by atoms with Gasteiger partial charge in [0.1, 0.15) is 5.58 Å². The summed E-state index contributed by atoms with van der Waals surface area (Å²) < 4.78 is 5.61. The second kappa shape index (κ2) is 4.72. The zero-order chi connectivity index (χ0) is 14.2. The number of rotatable bonds is 2. The Labute approximate surface area is 122 Å². The predicted octanol–water partition coefficient (Wildman–Crippen LogP) is 4.03. The van der Waals surface area contributed by atoms with Crippen LogP contribution in [0.3, 0.4) is 0 Å². The lowest BCUT2D eigenvalue weighted by Gasteiger charge is -2.13. The summed E-state index contributed by atoms with van der Waals surface area (Å²) in [5.41, 5.74) is 9.43. The summed E-state index contributed by atoms with van der Waals surface area (Å²) in [6.07, 6.45) is 5.42. The average molecular weight is 274 g/mol. The van der Waals surface area contributed by atoms with Crippen molar-refractivity contribution in [1.82, 2.24) is 4.98 Å². The topological polar surface area (TPSA) is 52.0 Å². The van der Waals surface area contributed by atoms with Gasteiger partial charge in [0.2, 0.25) is 0 Å². The van der Waals surface area contributed by atoms with Crippen LogP contribution in [0.2, 0.25) is 0 Å². The largest absolute Gasteiger partial charge is 0.464 e. The highest BCUT2D eigenvalue weighted by Crippen LogP contribution is 2.32. The second-order valence-electron chi connectivity index (χ2n) is 5.11. The van der Waals surface area contributed by atoms with Gasteiger partial charge in [-0.15, -0.1) is 0 Å². The van der Waals surface area contributed by atoms with Crippen molar-refractivity contribution in [3.8, 4) is 0 Å². The number of furan rings is 1. The molecule has 0 aliphatic carbocycles. The summed E-state index contributed by atoms with van der Waals surface area (Å²) in [6, 6.07) is 15.9. The van der Waals surface area contributed by atoms with E-state index in [1.54, 1.807) is 12.5 Å². The van der Waals surface area contributed by atoms with Crippen LogP contribution < -0.4 is 5.73 Å². The Morgan fingerprint density at radius 1 is 0.905 bits per heavy atom. The molecule has 0 aliphatic rings. The van der Waals surface area contributed by atoms with Crippen LogP contribution in [0.1, 0.15) is 17.2 Å². The monoisotopic (exact) mass is 274 g/mol. The lowest BCUT2D eigenvalue weighted by atomic mass is 9.95. The maximum Gasteiger partial charge on any atom is 0.134 e. The summed E-state index contributed by atoms with van der Waals surface area (Å²) >= 11 is 0. The number of nitrogens with two attached hydrogens (primary N) is 1. The van der Waals surface area contributed by atoms with Crippen molar-refractivity contribution in [2.24, 2.45) is 5.73 Å². The third-order valence-electron chi connectivity index (χ3n) is 3.90. The number of pyridine rings is 1. The molecule has 3 heteroatoms. The van der Waals surface area contributed by atoms with E-state index in [-0.39, 0.29) is 6.04 Å². The molecule has 3 nitrogen and oxygen atoms in total. The predicted molar refractivity (Wildman–Crippen MR) is 84.0 cm³/mol. The van der Waals surface area contributed by atoms with Gasteiger partial charge in [0.05, 0.1) is 12.3 Å². The van der Waals surface area contributed by atoms with Crippen LogP contribution in [0.4, 0.5) is 0 Å². The molecular weight excluding hydrogens is 260 g/mol. The van der Waals surface area contributed by atoms with Crippen LogP contribution in [0.25, 0.3) is 21.7 Å². The minimum absolute atomic E-state index is 0.235. The third-order valence-corrected chi connectivity index (χ3v) is 3.90. The smallest absolute Gasteiger partial charge is 0.134 e. The first-order valence-electron chi connectivity index (χ1n) is 6.89. The van der Waals surface area contributed by atoms with E-state index < -0.39 is 0 Å². The minimum Gasteiger partial charge on any atom is -0.464 e. The molecule has 102 valence electrons. The average Bonchev–Trinajstić information content (AvgIpc) is 2.98. The van der Waals surface area contributed by atoms with E-state index in [9.17, 15) is 0 Å². The molecule has 0 saturated carbocycles. The Bertz CT molecular complexity index is 921. The molecule has 2 heterocycles. The van der Waals surface area contributed by atoms with Gasteiger partial charge >= 0.3 is 0 Å². The molecule has 0 aliphatic heterocycles. The maximum atomic E-state index is 6.51. The molecule has 2 aromatic carbocycles. The van der Waals surface area contributed by atoms with Gasteiger partial charge in [0.15, 0.2) is 0 Å². The maximum absolute atomic E-state index is 6.51. The SMILES string of the molecule is NC(c1cccc2ccncc12)c1coc2ccccc12. The lowest BCUT2D eigenvalue weighted by Crippen LogP contribution is -2.11. The van der Waals surface area contributed by atoms with Crippen LogP contribution in [0.5, 0.6) is 0 Å². The highest BCUT2D eigenvalue weighted by atomic mass is 16.3. The Morgan fingerprint density at radius 3 is 2.76 bits per heavy atom. The number of fused-ring (bicyclic) bond motifs is 2. The van der Waals surface area contributed by atoms with E-state index in [0.717, 1.165) is 32.9 Å². The molecule has 0 saturated heterocycles. The first-order chi connectivity index (χ1) is 10.3. The fourth-order valence-electron chi connectivity index (χ4n) is 2.81. The Morgan fingerprint density at radius 2 is 1.81 bits per heavy atom. The zero-order valence-corrected chi connectivity index (χ0v) is 11.4. The highest BCUT2D eigenvalue weighted by Gasteiger charge is 2.17. The summed E-state index contributed by atoms with van der Waals surface area (Å²) in [5.74, 6) is 0. The van der Waals surface area contributed by atoms with Crippen molar-refractivity contribution in [1.29, 1.82) is 0 Å². The van der Waals surface area contributed by atoms with Gasteiger partial charge in [0, 0.05) is 28.7 Å². The molecule has 0 radical (unpaired) electrons. The molecule has 0 spiro atoms. The molecule has 2 N–H and O–H groups in total. The van der Waals surface area contributed by atoms with E-state index in [4.69, 9.17) is 10.2 Å². The van der Waals surface area contributed by atoms with Crippen molar-refractivity contribution < 1.29 is 4.42 Å². The molecule has 4 rings (SSSR count). The van der Waals surface area contributed by atoms with Crippen molar-refractivity contribution in [3.63, 3.8) is 0 Å². The molecule has 0 fully saturated rings. The number of benzene rings is 2. The molecular formula is C18H14N2O. The van der Waals surface area contributed by atoms with Gasteiger partial charge < -0.3 is 10.2 Å². The van der Waals surface area contributed by atoms with Crippen LogP contribution >= 0.6 is 0 Å². The summed E-state index contributed by atoms with van der Waals surface area (Å²) in [6.45, 7) is 0. The Hall–Kier alpha value is -2.65. The quantitative estimate of drug-likeness (QED) is 0.600. The Balaban J connectivity index is 1.92. The van der Waals surface area contributed by atoms with Gasteiger partial charge in [-0.05, 0) is 23.1 Å². The highest BCUT2D eigenvalue weighted by molar-refractivity contribution is 5.87. The molecule has 4 aromatic rings. The number of hydrogen-bond donors (Lipinski definition) is 1. The van der Waals surface area contributed by atoms with E-state index in [1.165, 1.54) is 0 Å². The van der Waals surface area contributed by atoms with Crippen LogP contribution in [-0.2, 0) is 0 Å². The number of nitrogens with zero attached hydrogens (tertiary/aromatic N) is 1. The third kappa shape index (κ3) is 1.90. The van der Waals surface area contributed by atoms with Gasteiger partial charge in [-0.2, -0.15) is 0 Å². The molecule has 0 amide bonds. The molecule has 2 aromatic heterocycles. The summed E-state index contributed by atoms with van der Waals surface area (Å²) in [5, 5.41) is 3.29. The van der Waals surface area contributed by atoms with E-state index in [0.29, 0.717) is 0 Å². The van der Waals surface area contributed by atoms with Gasteiger partial charge in [-0.3, -0.25) is 4.98 Å². The first-order valence-corrected chi connectivity index (χ1v) is 6.89. The van der Waals surface area contributed by atoms with Gasteiger partial charge in [0.25, 0.3) is 0 Å². The fourth-order valence-corrected chi connectivity index (χ4v) is 2.81. The van der Waals surface area contributed by atoms with Crippen LogP contribution in [0, 0.1) is 0 Å².